The SMILES string of the molecule is CC(C)N(c1ccc(-c2ccccc2)cc1)c1ccc2c(c1)C(c1ccccc1)(c1ccccc1)c1ccccc1-2. The molecule has 0 aromatic heterocycles. The first-order valence-electron chi connectivity index (χ1n) is 14.5. The lowest BCUT2D eigenvalue weighted by atomic mass is 9.67. The van der Waals surface area contributed by atoms with Gasteiger partial charge in [0, 0.05) is 17.4 Å². The van der Waals surface area contributed by atoms with Crippen LogP contribution in [-0.2, 0) is 5.41 Å². The van der Waals surface area contributed by atoms with E-state index in [1.54, 1.807) is 0 Å². The van der Waals surface area contributed by atoms with Crippen molar-refractivity contribution in [3.05, 3.63) is 180 Å². The standard InChI is InChI=1S/C40H33N/c1-29(2)41(34-24-22-31(23-25-34)30-14-6-3-7-15-30)35-26-27-37-36-20-12-13-21-38(36)40(39(37)28-35,32-16-8-4-9-17-32)33-18-10-5-11-19-33/h3-29H,1-2H3. The van der Waals surface area contributed by atoms with Crippen molar-refractivity contribution in [2.75, 3.05) is 4.90 Å². The minimum absolute atomic E-state index is 0.280. The Kier molecular flexibility index (Phi) is 6.29. The molecule has 0 unspecified atom stereocenters. The molecule has 6 aromatic carbocycles. The van der Waals surface area contributed by atoms with E-state index >= 15 is 0 Å². The van der Waals surface area contributed by atoms with Crippen LogP contribution >= 0.6 is 0 Å². The fourth-order valence-corrected chi connectivity index (χ4v) is 6.77. The topological polar surface area (TPSA) is 3.24 Å². The minimum Gasteiger partial charge on any atom is -0.339 e. The van der Waals surface area contributed by atoms with Gasteiger partial charge in [0.05, 0.1) is 5.41 Å². The molecule has 0 aliphatic heterocycles. The van der Waals surface area contributed by atoms with E-state index in [9.17, 15) is 0 Å². The molecule has 41 heavy (non-hydrogen) atoms. The summed E-state index contributed by atoms with van der Waals surface area (Å²) in [6.45, 7) is 4.55. The van der Waals surface area contributed by atoms with Crippen LogP contribution in [0.1, 0.15) is 36.1 Å². The molecule has 1 aliphatic rings. The predicted octanol–water partition coefficient (Wildman–Crippen LogP) is 10.3. The second-order valence-electron chi connectivity index (χ2n) is 11.1. The number of rotatable bonds is 6. The second-order valence-corrected chi connectivity index (χ2v) is 11.1. The first-order valence-corrected chi connectivity index (χ1v) is 14.5. The van der Waals surface area contributed by atoms with Crippen molar-refractivity contribution in [2.24, 2.45) is 0 Å². The summed E-state index contributed by atoms with van der Waals surface area (Å²) in [7, 11) is 0. The molecule has 0 bridgehead atoms. The van der Waals surface area contributed by atoms with Crippen molar-refractivity contribution in [1.82, 2.24) is 0 Å². The first kappa shape index (κ1) is 25.1. The molecule has 1 aliphatic carbocycles. The van der Waals surface area contributed by atoms with Crippen molar-refractivity contribution in [3.8, 4) is 22.3 Å². The maximum absolute atomic E-state index is 2.46. The summed E-state index contributed by atoms with van der Waals surface area (Å²) in [5.41, 5.74) is 12.3. The van der Waals surface area contributed by atoms with Gasteiger partial charge in [-0.15, -0.1) is 0 Å². The van der Waals surface area contributed by atoms with Crippen LogP contribution in [0.15, 0.2) is 158 Å². The number of hydrogen-bond acceptors (Lipinski definition) is 1. The number of hydrogen-bond donors (Lipinski definition) is 0. The molecule has 0 saturated carbocycles. The quantitative estimate of drug-likeness (QED) is 0.208. The van der Waals surface area contributed by atoms with Crippen molar-refractivity contribution in [2.45, 2.75) is 25.3 Å². The van der Waals surface area contributed by atoms with Gasteiger partial charge in [-0.1, -0.05) is 133 Å². The van der Waals surface area contributed by atoms with Gasteiger partial charge in [-0.3, -0.25) is 0 Å². The molecular formula is C40H33N. The summed E-state index contributed by atoms with van der Waals surface area (Å²) >= 11 is 0. The Labute approximate surface area is 243 Å². The van der Waals surface area contributed by atoms with Gasteiger partial charge >= 0.3 is 0 Å². The van der Waals surface area contributed by atoms with Gasteiger partial charge < -0.3 is 4.90 Å². The highest BCUT2D eigenvalue weighted by Gasteiger charge is 2.46. The van der Waals surface area contributed by atoms with Crippen LogP contribution in [0.5, 0.6) is 0 Å². The highest BCUT2D eigenvalue weighted by molar-refractivity contribution is 5.88. The Morgan fingerprint density at radius 2 is 0.927 bits per heavy atom. The third-order valence-electron chi connectivity index (χ3n) is 8.49. The van der Waals surface area contributed by atoms with Crippen molar-refractivity contribution >= 4 is 11.4 Å². The monoisotopic (exact) mass is 527 g/mol. The van der Waals surface area contributed by atoms with Crippen LogP contribution in [0.2, 0.25) is 0 Å². The van der Waals surface area contributed by atoms with Crippen LogP contribution in [0, 0.1) is 0 Å². The normalized spacial score (nSPS) is 13.0. The molecule has 198 valence electrons. The molecule has 1 nitrogen and oxygen atoms in total. The fourth-order valence-electron chi connectivity index (χ4n) is 6.77. The van der Waals surface area contributed by atoms with E-state index in [1.807, 2.05) is 0 Å². The van der Waals surface area contributed by atoms with Gasteiger partial charge in [0.2, 0.25) is 0 Å². The Hall–Kier alpha value is -4.88. The zero-order chi connectivity index (χ0) is 27.8. The van der Waals surface area contributed by atoms with E-state index in [-0.39, 0.29) is 6.04 Å². The number of anilines is 2. The van der Waals surface area contributed by atoms with Crippen LogP contribution in [0.3, 0.4) is 0 Å². The van der Waals surface area contributed by atoms with Crippen LogP contribution < -0.4 is 4.90 Å². The highest BCUT2D eigenvalue weighted by Crippen LogP contribution is 2.56. The molecule has 0 heterocycles. The van der Waals surface area contributed by atoms with Gasteiger partial charge in [0.15, 0.2) is 0 Å². The molecule has 7 rings (SSSR count). The summed E-state index contributed by atoms with van der Waals surface area (Å²) in [6, 6.07) is 57.9. The van der Waals surface area contributed by atoms with E-state index < -0.39 is 5.41 Å². The molecule has 0 N–H and O–H groups in total. The lowest BCUT2D eigenvalue weighted by Gasteiger charge is -2.35. The smallest absolute Gasteiger partial charge is 0.0714 e. The molecule has 0 amide bonds. The average molecular weight is 528 g/mol. The van der Waals surface area contributed by atoms with Gasteiger partial charge in [0.25, 0.3) is 0 Å². The number of nitrogens with zero attached hydrogens (tertiary/aromatic N) is 1. The van der Waals surface area contributed by atoms with Gasteiger partial charge in [-0.2, -0.15) is 0 Å². The maximum atomic E-state index is 2.46. The predicted molar refractivity (Wildman–Crippen MR) is 173 cm³/mol. The molecule has 0 saturated heterocycles. The van der Waals surface area contributed by atoms with Crippen molar-refractivity contribution < 1.29 is 0 Å². The van der Waals surface area contributed by atoms with Crippen LogP contribution in [0.25, 0.3) is 22.3 Å². The molecule has 6 aromatic rings. The van der Waals surface area contributed by atoms with E-state index in [0.29, 0.717) is 0 Å². The van der Waals surface area contributed by atoms with E-state index in [0.717, 1.165) is 0 Å². The Bertz CT molecular complexity index is 1750. The largest absolute Gasteiger partial charge is 0.339 e. The zero-order valence-electron chi connectivity index (χ0n) is 23.5. The molecular weight excluding hydrogens is 494 g/mol. The van der Waals surface area contributed by atoms with Crippen LogP contribution in [0.4, 0.5) is 11.4 Å². The zero-order valence-corrected chi connectivity index (χ0v) is 23.5. The van der Waals surface area contributed by atoms with E-state index in [4.69, 9.17) is 0 Å². The summed E-state index contributed by atoms with van der Waals surface area (Å²) in [5.74, 6) is 0. The van der Waals surface area contributed by atoms with Crippen molar-refractivity contribution in [1.29, 1.82) is 0 Å². The molecule has 0 fully saturated rings. The Balaban J connectivity index is 1.43. The third-order valence-corrected chi connectivity index (χ3v) is 8.49. The minimum atomic E-state index is -0.399. The average Bonchev–Trinajstić information content (AvgIpc) is 3.33. The summed E-state index contributed by atoms with van der Waals surface area (Å²) in [4.78, 5) is 2.46. The summed E-state index contributed by atoms with van der Waals surface area (Å²) in [6.07, 6.45) is 0. The lowest BCUT2D eigenvalue weighted by Crippen LogP contribution is -2.29. The first-order chi connectivity index (χ1) is 20.2. The highest BCUT2D eigenvalue weighted by atomic mass is 15.2. The number of benzene rings is 6. The summed E-state index contributed by atoms with van der Waals surface area (Å²) in [5, 5.41) is 0. The van der Waals surface area contributed by atoms with Crippen LogP contribution in [-0.4, -0.2) is 6.04 Å². The Morgan fingerprint density at radius 1 is 0.439 bits per heavy atom. The molecule has 0 spiro atoms. The second kappa shape index (κ2) is 10.3. The van der Waals surface area contributed by atoms with Gasteiger partial charge in [0.1, 0.15) is 0 Å². The Morgan fingerprint density at radius 3 is 1.54 bits per heavy atom. The molecule has 1 heteroatoms. The summed E-state index contributed by atoms with van der Waals surface area (Å²) < 4.78 is 0. The van der Waals surface area contributed by atoms with Crippen molar-refractivity contribution in [3.63, 3.8) is 0 Å². The van der Waals surface area contributed by atoms with E-state index in [2.05, 4.69) is 176 Å². The molecule has 0 radical (unpaired) electrons. The third kappa shape index (κ3) is 4.08. The fraction of sp³-hybridized carbons (Fsp3) is 0.100. The van der Waals surface area contributed by atoms with E-state index in [1.165, 1.54) is 55.9 Å². The molecule has 0 atom stereocenters. The van der Waals surface area contributed by atoms with Gasteiger partial charge in [-0.25, -0.2) is 0 Å². The number of fused-ring (bicyclic) bond motifs is 3. The van der Waals surface area contributed by atoms with Gasteiger partial charge in [-0.05, 0) is 82.6 Å². The maximum Gasteiger partial charge on any atom is 0.0714 e. The lowest BCUT2D eigenvalue weighted by molar-refractivity contribution is 0.761.